The van der Waals surface area contributed by atoms with Gasteiger partial charge in [-0.15, -0.1) is 10.2 Å². The summed E-state index contributed by atoms with van der Waals surface area (Å²) < 4.78 is 1.91. The van der Waals surface area contributed by atoms with E-state index in [2.05, 4.69) is 20.5 Å². The number of nitrogens with zero attached hydrogens (tertiary/aromatic N) is 4. The number of nitrogens with two attached hydrogens (primary N) is 1. The van der Waals surface area contributed by atoms with Crippen molar-refractivity contribution in [3.05, 3.63) is 18.2 Å². The van der Waals surface area contributed by atoms with Crippen LogP contribution in [0, 0.1) is 0 Å². The summed E-state index contributed by atoms with van der Waals surface area (Å²) in [6.07, 6.45) is 5.64. The maximum atomic E-state index is 5.73. The van der Waals surface area contributed by atoms with E-state index in [0.717, 1.165) is 31.8 Å². The van der Waals surface area contributed by atoms with Crippen molar-refractivity contribution < 1.29 is 0 Å². The first kappa shape index (κ1) is 9.53. The van der Waals surface area contributed by atoms with Crippen LogP contribution in [0.3, 0.4) is 0 Å². The highest BCUT2D eigenvalue weighted by Crippen LogP contribution is 2.23. The van der Waals surface area contributed by atoms with E-state index in [1.165, 1.54) is 0 Å². The third kappa shape index (κ3) is 1.51. The highest BCUT2D eigenvalue weighted by atomic mass is 15.3. The summed E-state index contributed by atoms with van der Waals surface area (Å²) in [6, 6.07) is 0. The van der Waals surface area contributed by atoms with E-state index in [-0.39, 0.29) is 0 Å². The fraction of sp³-hybridized carbons (Fsp3) is 0.500. The largest absolute Gasteiger partial charge is 0.396 e. The molecule has 0 aromatic carbocycles. The van der Waals surface area contributed by atoms with Crippen LogP contribution in [-0.2, 0) is 0 Å². The number of anilines is 1. The summed E-state index contributed by atoms with van der Waals surface area (Å²) in [4.78, 5) is 4.14. The fourth-order valence-electron chi connectivity index (χ4n) is 2.18. The second-order valence-corrected chi connectivity index (χ2v) is 4.14. The normalized spacial score (nSPS) is 18.0. The van der Waals surface area contributed by atoms with Gasteiger partial charge in [-0.05, 0) is 25.9 Å². The van der Waals surface area contributed by atoms with Crippen molar-refractivity contribution in [1.82, 2.24) is 24.9 Å². The van der Waals surface area contributed by atoms with Gasteiger partial charge >= 0.3 is 0 Å². The topological polar surface area (TPSA) is 81.1 Å². The lowest BCUT2D eigenvalue weighted by molar-refractivity contribution is 0.442. The van der Waals surface area contributed by atoms with E-state index < -0.39 is 0 Å². The standard InChI is InChI=1S/C10H14N6/c11-8-5-13-10-15-14-9(16(10)6-8)7-1-3-12-4-2-7/h5-7,12H,1-4,11H2. The molecule has 3 N–H and O–H groups in total. The van der Waals surface area contributed by atoms with Gasteiger partial charge in [0.15, 0.2) is 0 Å². The summed E-state index contributed by atoms with van der Waals surface area (Å²) in [7, 11) is 0. The van der Waals surface area contributed by atoms with Gasteiger partial charge in [0.1, 0.15) is 5.82 Å². The molecule has 0 unspecified atom stereocenters. The van der Waals surface area contributed by atoms with Crippen molar-refractivity contribution in [2.24, 2.45) is 0 Å². The van der Waals surface area contributed by atoms with E-state index >= 15 is 0 Å². The Hall–Kier alpha value is -1.69. The third-order valence-corrected chi connectivity index (χ3v) is 3.02. The highest BCUT2D eigenvalue weighted by molar-refractivity contribution is 5.39. The average molecular weight is 218 g/mol. The van der Waals surface area contributed by atoms with Crippen LogP contribution in [0.15, 0.2) is 12.4 Å². The minimum absolute atomic E-state index is 0.458. The molecule has 16 heavy (non-hydrogen) atoms. The fourth-order valence-corrected chi connectivity index (χ4v) is 2.18. The number of nitrogen functional groups attached to an aromatic ring is 1. The van der Waals surface area contributed by atoms with Crippen molar-refractivity contribution in [1.29, 1.82) is 0 Å². The van der Waals surface area contributed by atoms with E-state index in [0.29, 0.717) is 17.4 Å². The third-order valence-electron chi connectivity index (χ3n) is 3.02. The molecule has 1 aliphatic rings. The highest BCUT2D eigenvalue weighted by Gasteiger charge is 2.20. The number of aromatic nitrogens is 4. The smallest absolute Gasteiger partial charge is 0.255 e. The van der Waals surface area contributed by atoms with Gasteiger partial charge in [-0.3, -0.25) is 4.40 Å². The van der Waals surface area contributed by atoms with Crippen molar-refractivity contribution in [2.45, 2.75) is 18.8 Å². The molecular weight excluding hydrogens is 204 g/mol. The van der Waals surface area contributed by atoms with Crippen LogP contribution in [0.4, 0.5) is 5.69 Å². The molecule has 2 aromatic rings. The molecule has 2 aromatic heterocycles. The molecule has 1 aliphatic heterocycles. The Balaban J connectivity index is 2.05. The molecule has 0 spiro atoms. The summed E-state index contributed by atoms with van der Waals surface area (Å²) in [6.45, 7) is 2.07. The van der Waals surface area contributed by atoms with Crippen LogP contribution < -0.4 is 11.1 Å². The van der Waals surface area contributed by atoms with Crippen LogP contribution in [0.5, 0.6) is 0 Å². The van der Waals surface area contributed by atoms with Crippen LogP contribution in [-0.4, -0.2) is 32.7 Å². The van der Waals surface area contributed by atoms with E-state index in [1.807, 2.05) is 10.6 Å². The molecule has 6 heteroatoms. The zero-order valence-electron chi connectivity index (χ0n) is 8.93. The Morgan fingerprint density at radius 3 is 2.94 bits per heavy atom. The monoisotopic (exact) mass is 218 g/mol. The van der Waals surface area contributed by atoms with E-state index in [4.69, 9.17) is 5.73 Å². The summed E-state index contributed by atoms with van der Waals surface area (Å²) in [5, 5.41) is 11.6. The first-order valence-electron chi connectivity index (χ1n) is 5.51. The van der Waals surface area contributed by atoms with Gasteiger partial charge in [-0.2, -0.15) is 0 Å². The SMILES string of the molecule is Nc1cnc2nnc(C3CCNCC3)n2c1. The molecule has 3 rings (SSSR count). The molecule has 1 saturated heterocycles. The lowest BCUT2D eigenvalue weighted by atomic mass is 9.97. The van der Waals surface area contributed by atoms with Gasteiger partial charge in [0.05, 0.1) is 11.9 Å². The Morgan fingerprint density at radius 2 is 2.12 bits per heavy atom. The summed E-state index contributed by atoms with van der Waals surface area (Å²) in [5.74, 6) is 2.07. The second-order valence-electron chi connectivity index (χ2n) is 4.14. The van der Waals surface area contributed by atoms with Gasteiger partial charge in [0.25, 0.3) is 5.78 Å². The van der Waals surface area contributed by atoms with Gasteiger partial charge in [-0.1, -0.05) is 0 Å². The van der Waals surface area contributed by atoms with Crippen molar-refractivity contribution >= 4 is 11.5 Å². The second kappa shape index (κ2) is 3.71. The van der Waals surface area contributed by atoms with Gasteiger partial charge < -0.3 is 11.1 Å². The molecule has 0 amide bonds. The maximum Gasteiger partial charge on any atom is 0.255 e. The zero-order valence-corrected chi connectivity index (χ0v) is 8.93. The molecule has 0 aliphatic carbocycles. The number of rotatable bonds is 1. The van der Waals surface area contributed by atoms with Crippen molar-refractivity contribution in [2.75, 3.05) is 18.8 Å². The van der Waals surface area contributed by atoms with E-state index in [9.17, 15) is 0 Å². The minimum Gasteiger partial charge on any atom is -0.396 e. The van der Waals surface area contributed by atoms with Crippen LogP contribution in [0.2, 0.25) is 0 Å². The number of hydrogen-bond donors (Lipinski definition) is 2. The Labute approximate surface area is 92.9 Å². The molecule has 0 radical (unpaired) electrons. The maximum absolute atomic E-state index is 5.73. The first-order valence-corrected chi connectivity index (χ1v) is 5.51. The molecule has 0 bridgehead atoms. The molecule has 3 heterocycles. The number of nitrogens with one attached hydrogen (secondary N) is 1. The van der Waals surface area contributed by atoms with Gasteiger partial charge in [0.2, 0.25) is 0 Å². The predicted octanol–water partition coefficient (Wildman–Crippen LogP) is 0.173. The Kier molecular flexibility index (Phi) is 2.21. The Bertz CT molecular complexity index is 499. The number of hydrogen-bond acceptors (Lipinski definition) is 5. The first-order chi connectivity index (χ1) is 7.84. The van der Waals surface area contributed by atoms with Crippen LogP contribution in [0.1, 0.15) is 24.6 Å². The van der Waals surface area contributed by atoms with Crippen LogP contribution in [0.25, 0.3) is 5.78 Å². The molecule has 0 atom stereocenters. The summed E-state index contributed by atoms with van der Waals surface area (Å²) in [5.41, 5.74) is 6.37. The molecule has 1 fully saturated rings. The number of piperidine rings is 1. The zero-order chi connectivity index (χ0) is 11.0. The average Bonchev–Trinajstić information content (AvgIpc) is 2.73. The van der Waals surface area contributed by atoms with Gasteiger partial charge in [-0.25, -0.2) is 4.98 Å². The number of fused-ring (bicyclic) bond motifs is 1. The van der Waals surface area contributed by atoms with Crippen molar-refractivity contribution in [3.63, 3.8) is 0 Å². The van der Waals surface area contributed by atoms with Gasteiger partial charge in [0, 0.05) is 12.1 Å². The predicted molar refractivity (Wildman–Crippen MR) is 60.0 cm³/mol. The van der Waals surface area contributed by atoms with E-state index in [1.54, 1.807) is 6.20 Å². The van der Waals surface area contributed by atoms with Crippen LogP contribution >= 0.6 is 0 Å². The molecule has 6 nitrogen and oxygen atoms in total. The molecule has 0 saturated carbocycles. The van der Waals surface area contributed by atoms with Crippen molar-refractivity contribution in [3.8, 4) is 0 Å². The molecular formula is C10H14N6. The Morgan fingerprint density at radius 1 is 1.31 bits per heavy atom. The molecule has 84 valence electrons. The minimum atomic E-state index is 0.458. The quantitative estimate of drug-likeness (QED) is 0.713. The summed E-state index contributed by atoms with van der Waals surface area (Å²) >= 11 is 0. The lowest BCUT2D eigenvalue weighted by Crippen LogP contribution is -2.27. The lowest BCUT2D eigenvalue weighted by Gasteiger charge is -2.20.